The van der Waals surface area contributed by atoms with E-state index in [1.807, 2.05) is 24.3 Å². The fourth-order valence-electron chi connectivity index (χ4n) is 2.14. The molecule has 0 saturated heterocycles. The summed E-state index contributed by atoms with van der Waals surface area (Å²) in [6, 6.07) is 11.4. The van der Waals surface area contributed by atoms with Gasteiger partial charge in [-0.05, 0) is 43.2 Å². The van der Waals surface area contributed by atoms with Gasteiger partial charge in [-0.3, -0.25) is 9.78 Å². The fourth-order valence-corrected chi connectivity index (χ4v) is 2.82. The molecule has 0 radical (unpaired) electrons. The summed E-state index contributed by atoms with van der Waals surface area (Å²) < 4.78 is 5.60. The Balaban J connectivity index is 1.60. The van der Waals surface area contributed by atoms with E-state index >= 15 is 0 Å². The highest BCUT2D eigenvalue weighted by molar-refractivity contribution is 8.00. The SMILES string of the molecule is CCc1ccc(NC(=O)C(C)Sc2nnc(-c3ccncc3)o2)cc1. The van der Waals surface area contributed by atoms with Crippen LogP contribution in [-0.2, 0) is 11.2 Å². The van der Waals surface area contributed by atoms with Crippen LogP contribution in [-0.4, -0.2) is 26.3 Å². The van der Waals surface area contributed by atoms with E-state index in [1.54, 1.807) is 31.5 Å². The van der Waals surface area contributed by atoms with Crippen molar-refractivity contribution in [2.45, 2.75) is 30.7 Å². The van der Waals surface area contributed by atoms with Gasteiger partial charge < -0.3 is 9.73 Å². The minimum Gasteiger partial charge on any atom is -0.411 e. The molecule has 1 unspecified atom stereocenters. The van der Waals surface area contributed by atoms with Crippen LogP contribution in [0.25, 0.3) is 11.5 Å². The first kappa shape index (κ1) is 17.2. The molecule has 0 aliphatic carbocycles. The molecule has 0 aliphatic heterocycles. The second kappa shape index (κ2) is 7.94. The van der Waals surface area contributed by atoms with E-state index in [0.29, 0.717) is 11.1 Å². The van der Waals surface area contributed by atoms with E-state index in [9.17, 15) is 4.79 Å². The first-order valence-electron chi connectivity index (χ1n) is 7.96. The summed E-state index contributed by atoms with van der Waals surface area (Å²) in [7, 11) is 0. The molecule has 1 atom stereocenters. The third kappa shape index (κ3) is 4.45. The number of benzene rings is 1. The number of amides is 1. The lowest BCUT2D eigenvalue weighted by Gasteiger charge is -2.10. The zero-order valence-corrected chi connectivity index (χ0v) is 14.8. The van der Waals surface area contributed by atoms with Crippen LogP contribution in [0, 0.1) is 0 Å². The van der Waals surface area contributed by atoms with Crippen LogP contribution < -0.4 is 5.32 Å². The molecule has 6 nitrogen and oxygen atoms in total. The van der Waals surface area contributed by atoms with Gasteiger partial charge in [-0.1, -0.05) is 30.8 Å². The molecule has 1 aromatic carbocycles. The Morgan fingerprint density at radius 1 is 1.16 bits per heavy atom. The highest BCUT2D eigenvalue weighted by Gasteiger charge is 2.19. The van der Waals surface area contributed by atoms with Crippen molar-refractivity contribution in [1.82, 2.24) is 15.2 Å². The number of pyridine rings is 1. The molecule has 0 bridgehead atoms. The topological polar surface area (TPSA) is 80.9 Å². The number of aryl methyl sites for hydroxylation is 1. The molecule has 2 heterocycles. The Labute approximate surface area is 150 Å². The predicted octanol–water partition coefficient (Wildman–Crippen LogP) is 3.81. The predicted molar refractivity (Wildman–Crippen MR) is 97.3 cm³/mol. The van der Waals surface area contributed by atoms with Crippen LogP contribution in [0.1, 0.15) is 19.4 Å². The summed E-state index contributed by atoms with van der Waals surface area (Å²) in [6.45, 7) is 3.90. The van der Waals surface area contributed by atoms with E-state index in [4.69, 9.17) is 4.42 Å². The lowest BCUT2D eigenvalue weighted by molar-refractivity contribution is -0.115. The lowest BCUT2D eigenvalue weighted by Crippen LogP contribution is -2.22. The average molecular weight is 354 g/mol. The molecular weight excluding hydrogens is 336 g/mol. The second-order valence-electron chi connectivity index (χ2n) is 5.41. The van der Waals surface area contributed by atoms with E-state index in [0.717, 1.165) is 17.7 Å². The monoisotopic (exact) mass is 354 g/mol. The van der Waals surface area contributed by atoms with Gasteiger partial charge in [0, 0.05) is 23.6 Å². The number of hydrogen-bond donors (Lipinski definition) is 1. The average Bonchev–Trinajstić information content (AvgIpc) is 3.11. The molecular formula is C18H18N4O2S. The maximum absolute atomic E-state index is 12.3. The van der Waals surface area contributed by atoms with Crippen molar-refractivity contribution in [1.29, 1.82) is 0 Å². The molecule has 3 rings (SSSR count). The van der Waals surface area contributed by atoms with Crippen LogP contribution in [0.2, 0.25) is 0 Å². The molecule has 3 aromatic rings. The number of rotatable bonds is 6. The number of nitrogens with zero attached hydrogens (tertiary/aromatic N) is 3. The van der Waals surface area contributed by atoms with Crippen molar-refractivity contribution in [3.8, 4) is 11.5 Å². The summed E-state index contributed by atoms with van der Waals surface area (Å²) in [5.74, 6) is 0.297. The molecule has 25 heavy (non-hydrogen) atoms. The highest BCUT2D eigenvalue weighted by Crippen LogP contribution is 2.26. The van der Waals surface area contributed by atoms with Gasteiger partial charge in [0.05, 0.1) is 5.25 Å². The minimum absolute atomic E-state index is 0.113. The third-order valence-electron chi connectivity index (χ3n) is 3.61. The van der Waals surface area contributed by atoms with Gasteiger partial charge >= 0.3 is 0 Å². The van der Waals surface area contributed by atoms with E-state index in [-0.39, 0.29) is 11.2 Å². The molecule has 0 spiro atoms. The van der Waals surface area contributed by atoms with Crippen LogP contribution in [0.3, 0.4) is 0 Å². The first-order valence-corrected chi connectivity index (χ1v) is 8.84. The highest BCUT2D eigenvalue weighted by atomic mass is 32.2. The van der Waals surface area contributed by atoms with Gasteiger partial charge in [0.15, 0.2) is 0 Å². The molecule has 0 aliphatic rings. The maximum atomic E-state index is 12.3. The van der Waals surface area contributed by atoms with Crippen molar-refractivity contribution in [2.75, 3.05) is 5.32 Å². The maximum Gasteiger partial charge on any atom is 0.277 e. The Morgan fingerprint density at radius 3 is 2.56 bits per heavy atom. The van der Waals surface area contributed by atoms with Crippen molar-refractivity contribution < 1.29 is 9.21 Å². The van der Waals surface area contributed by atoms with Crippen molar-refractivity contribution in [3.63, 3.8) is 0 Å². The Hall–Kier alpha value is -2.67. The van der Waals surface area contributed by atoms with E-state index in [1.165, 1.54) is 17.3 Å². The summed E-state index contributed by atoms with van der Waals surface area (Å²) in [4.78, 5) is 16.3. The quantitative estimate of drug-likeness (QED) is 0.678. The molecule has 128 valence electrons. The van der Waals surface area contributed by atoms with Crippen molar-refractivity contribution in [2.24, 2.45) is 0 Å². The number of anilines is 1. The van der Waals surface area contributed by atoms with Gasteiger partial charge in [0.25, 0.3) is 5.22 Å². The van der Waals surface area contributed by atoms with Gasteiger partial charge in [-0.25, -0.2) is 0 Å². The molecule has 1 N–H and O–H groups in total. The number of hydrogen-bond acceptors (Lipinski definition) is 6. The number of nitrogens with one attached hydrogen (secondary N) is 1. The Kier molecular flexibility index (Phi) is 5.45. The summed E-state index contributed by atoms with van der Waals surface area (Å²) >= 11 is 1.23. The normalized spacial score (nSPS) is 11.9. The standard InChI is InChI=1S/C18H18N4O2S/c1-3-13-4-6-15(7-5-13)20-16(23)12(2)25-18-22-21-17(24-18)14-8-10-19-11-9-14/h4-12H,3H2,1-2H3,(H,20,23). The smallest absolute Gasteiger partial charge is 0.277 e. The zero-order chi connectivity index (χ0) is 17.6. The van der Waals surface area contributed by atoms with Gasteiger partial charge in [-0.2, -0.15) is 0 Å². The Morgan fingerprint density at radius 2 is 1.88 bits per heavy atom. The second-order valence-corrected chi connectivity index (χ2v) is 6.70. The number of thioether (sulfide) groups is 1. The molecule has 2 aromatic heterocycles. The van der Waals surface area contributed by atoms with Gasteiger partial charge in [-0.15, -0.1) is 10.2 Å². The Bertz CT molecular complexity index is 834. The minimum atomic E-state index is -0.364. The largest absolute Gasteiger partial charge is 0.411 e. The number of carbonyl (C=O) groups excluding carboxylic acids is 1. The van der Waals surface area contributed by atoms with E-state index < -0.39 is 0 Å². The van der Waals surface area contributed by atoms with E-state index in [2.05, 4.69) is 27.4 Å². The zero-order valence-electron chi connectivity index (χ0n) is 14.0. The summed E-state index contributed by atoms with van der Waals surface area (Å²) in [6.07, 6.45) is 4.29. The van der Waals surface area contributed by atoms with Crippen molar-refractivity contribution >= 4 is 23.4 Å². The fraction of sp³-hybridized carbons (Fsp3) is 0.222. The van der Waals surface area contributed by atoms with Crippen LogP contribution >= 0.6 is 11.8 Å². The van der Waals surface area contributed by atoms with Crippen molar-refractivity contribution in [3.05, 3.63) is 54.4 Å². The molecule has 0 fully saturated rings. The molecule has 7 heteroatoms. The number of aromatic nitrogens is 3. The summed E-state index contributed by atoms with van der Waals surface area (Å²) in [5, 5.41) is 10.9. The first-order chi connectivity index (χ1) is 12.2. The lowest BCUT2D eigenvalue weighted by atomic mass is 10.1. The van der Waals surface area contributed by atoms with Crippen LogP contribution in [0.15, 0.2) is 58.4 Å². The third-order valence-corrected chi connectivity index (χ3v) is 4.54. The molecule has 0 saturated carbocycles. The van der Waals surface area contributed by atoms with Crippen LogP contribution in [0.5, 0.6) is 0 Å². The summed E-state index contributed by atoms with van der Waals surface area (Å²) in [5.41, 5.74) is 2.80. The van der Waals surface area contributed by atoms with Crippen LogP contribution in [0.4, 0.5) is 5.69 Å². The van der Waals surface area contributed by atoms with Gasteiger partial charge in [0.2, 0.25) is 11.8 Å². The molecule has 1 amide bonds. The number of carbonyl (C=O) groups is 1. The van der Waals surface area contributed by atoms with Gasteiger partial charge in [0.1, 0.15) is 0 Å².